The lowest BCUT2D eigenvalue weighted by Crippen LogP contribution is -2.38. The molecule has 2 aliphatic heterocycles. The van der Waals surface area contributed by atoms with Gasteiger partial charge in [0.1, 0.15) is 48.5 Å². The van der Waals surface area contributed by atoms with Gasteiger partial charge in [-0.15, -0.1) is 0 Å². The van der Waals surface area contributed by atoms with Gasteiger partial charge in [0.15, 0.2) is 23.9 Å². The van der Waals surface area contributed by atoms with E-state index in [1.54, 1.807) is 0 Å². The largest absolute Gasteiger partial charge is 0.472 e. The molecule has 5 heterocycles. The smallest absolute Gasteiger partial charge is 0.387 e. The van der Waals surface area contributed by atoms with E-state index < -0.39 is 89.2 Å². The van der Waals surface area contributed by atoms with Crippen LogP contribution in [0.5, 0.6) is 0 Å². The van der Waals surface area contributed by atoms with E-state index in [4.69, 9.17) is 29.0 Å². The summed E-state index contributed by atoms with van der Waals surface area (Å²) in [6, 6.07) is 0.980. The zero-order valence-corrected chi connectivity index (χ0v) is 29.7. The Morgan fingerprint density at radius 1 is 0.922 bits per heavy atom. The number of anilines is 1. The van der Waals surface area contributed by atoms with Crippen LogP contribution in [0.1, 0.15) is 33.2 Å². The van der Waals surface area contributed by atoms with Gasteiger partial charge >= 0.3 is 21.3 Å². The number of aliphatic hydroxyl groups is 2. The third kappa shape index (κ3) is 9.91. The third-order valence-corrected chi connectivity index (χ3v) is 9.56. The zero-order chi connectivity index (χ0) is 37.7. The number of imidazole rings is 1. The van der Waals surface area contributed by atoms with Crippen LogP contribution in [-0.2, 0) is 36.9 Å². The first-order valence-electron chi connectivity index (χ1n) is 15.6. The predicted octanol–water partition coefficient (Wildman–Crippen LogP) is -1.55. The number of phosphoric ester groups is 2. The van der Waals surface area contributed by atoms with E-state index in [0.717, 1.165) is 23.2 Å². The Bertz CT molecular complexity index is 1810. The Kier molecular flexibility index (Phi) is 13.8. The normalized spacial score (nSPS) is 27.8. The molecule has 3 aromatic heterocycles. The fourth-order valence-electron chi connectivity index (χ4n) is 5.42. The number of hydrogen-bond donors (Lipinski definition) is 7. The van der Waals surface area contributed by atoms with Gasteiger partial charge < -0.3 is 49.7 Å². The molecule has 1 unspecified atom stereocenters. The van der Waals surface area contributed by atoms with Crippen molar-refractivity contribution in [3.63, 3.8) is 0 Å². The highest BCUT2D eigenvalue weighted by Crippen LogP contribution is 2.50. The summed E-state index contributed by atoms with van der Waals surface area (Å²) in [4.78, 5) is 68.9. The van der Waals surface area contributed by atoms with Crippen molar-refractivity contribution in [3.8, 4) is 0 Å². The first kappa shape index (κ1) is 40.8. The fourth-order valence-corrected chi connectivity index (χ4v) is 6.72. The van der Waals surface area contributed by atoms with Crippen molar-refractivity contribution < 1.29 is 61.8 Å². The molecule has 25 heteroatoms. The lowest BCUT2D eigenvalue weighted by Gasteiger charge is -2.26. The summed E-state index contributed by atoms with van der Waals surface area (Å²) in [5.41, 5.74) is 4.53. The summed E-state index contributed by atoms with van der Waals surface area (Å²) >= 11 is 0. The molecule has 286 valence electrons. The molecule has 2 saturated heterocycles. The molecule has 3 aromatic rings. The number of H-pyrrole nitrogens is 1. The van der Waals surface area contributed by atoms with E-state index in [1.165, 1.54) is 37.6 Å². The topological polar surface area (TPSA) is 318 Å². The molecule has 9 atom stereocenters. The number of hydrogen-bond acceptors (Lipinski definition) is 17. The van der Waals surface area contributed by atoms with E-state index in [-0.39, 0.29) is 17.0 Å². The van der Waals surface area contributed by atoms with Crippen LogP contribution in [0.2, 0.25) is 0 Å². The molecule has 5 rings (SSSR count). The number of methoxy groups -OCH3 is 1. The maximum absolute atomic E-state index is 13.1. The minimum Gasteiger partial charge on any atom is -0.387 e. The molecule has 0 aliphatic carbocycles. The van der Waals surface area contributed by atoms with E-state index in [1.807, 2.05) is 4.98 Å². The van der Waals surface area contributed by atoms with Gasteiger partial charge in [-0.05, 0) is 19.6 Å². The van der Waals surface area contributed by atoms with Crippen molar-refractivity contribution in [3.05, 3.63) is 45.8 Å². The second-order valence-corrected chi connectivity index (χ2v) is 13.8. The van der Waals surface area contributed by atoms with Gasteiger partial charge in [-0.25, -0.2) is 28.9 Å². The number of phosphoric acid groups is 2. The van der Waals surface area contributed by atoms with Gasteiger partial charge in [0.2, 0.25) is 0 Å². The fraction of sp³-hybridized carbons (Fsp3) is 0.654. The molecule has 0 spiro atoms. The van der Waals surface area contributed by atoms with Crippen molar-refractivity contribution in [2.75, 3.05) is 45.7 Å². The van der Waals surface area contributed by atoms with Crippen LogP contribution in [0.15, 0.2) is 34.5 Å². The second-order valence-electron chi connectivity index (χ2n) is 11.2. The number of fused-ring (bicyclic) bond motifs is 1. The summed E-state index contributed by atoms with van der Waals surface area (Å²) in [7, 11) is -8.96. The number of nitrogens with one attached hydrogen (secondary N) is 1. The van der Waals surface area contributed by atoms with Crippen molar-refractivity contribution in [2.24, 2.45) is 0 Å². The van der Waals surface area contributed by atoms with Crippen LogP contribution in [0, 0.1) is 0 Å². The Labute approximate surface area is 289 Å². The molecule has 0 radical (unpaired) electrons. The highest BCUT2D eigenvalue weighted by molar-refractivity contribution is 7.47. The molecule has 51 heavy (non-hydrogen) atoms. The lowest BCUT2D eigenvalue weighted by molar-refractivity contribution is -0.0610. The predicted molar refractivity (Wildman–Crippen MR) is 174 cm³/mol. The third-order valence-electron chi connectivity index (χ3n) is 8.09. The van der Waals surface area contributed by atoms with Crippen LogP contribution in [-0.4, -0.2) is 135 Å². The van der Waals surface area contributed by atoms with Crippen LogP contribution in [0.3, 0.4) is 0 Å². The molecule has 23 nitrogen and oxygen atoms in total. The number of nitrogen functional groups attached to an aromatic ring is 1. The quantitative estimate of drug-likeness (QED) is 0.0913. The van der Waals surface area contributed by atoms with E-state index in [9.17, 15) is 43.6 Å². The van der Waals surface area contributed by atoms with Gasteiger partial charge in [0.05, 0.1) is 19.5 Å². The number of aromatic amines is 1. The van der Waals surface area contributed by atoms with Crippen LogP contribution in [0.4, 0.5) is 5.82 Å². The van der Waals surface area contributed by atoms with Crippen molar-refractivity contribution in [1.82, 2.24) is 34.0 Å². The van der Waals surface area contributed by atoms with Gasteiger partial charge in [0, 0.05) is 19.4 Å². The van der Waals surface area contributed by atoms with E-state index >= 15 is 0 Å². The first-order chi connectivity index (χ1) is 24.0. The summed E-state index contributed by atoms with van der Waals surface area (Å²) in [6.07, 6.45) is -8.40. The lowest BCUT2D eigenvalue weighted by atomic mass is 10.1. The van der Waals surface area contributed by atoms with Gasteiger partial charge in [-0.3, -0.25) is 32.5 Å². The first-order valence-corrected chi connectivity index (χ1v) is 18.6. The minimum atomic E-state index is -5.13. The Morgan fingerprint density at radius 3 is 2.16 bits per heavy atom. The van der Waals surface area contributed by atoms with Crippen molar-refractivity contribution >= 4 is 32.6 Å². The summed E-state index contributed by atoms with van der Waals surface area (Å²) < 4.78 is 58.3. The van der Waals surface area contributed by atoms with Crippen molar-refractivity contribution in [1.29, 1.82) is 0 Å². The molecule has 0 aromatic carbocycles. The van der Waals surface area contributed by atoms with E-state index in [2.05, 4.69) is 45.1 Å². The molecule has 8 N–H and O–H groups in total. The van der Waals surface area contributed by atoms with Gasteiger partial charge in [0.25, 0.3) is 5.56 Å². The second kappa shape index (κ2) is 17.2. The number of rotatable bonds is 14. The Hall–Kier alpha value is -2.99. The highest BCUT2D eigenvalue weighted by atomic mass is 31.2. The SMILES string of the molecule is CCN(CC)CC.CO[C@@H]1[C@H](OP(=O)(O)OC[C@H]2O[C@@H](n3ccc(=O)[nH]c3=O)[C@H](O)[C@@H]2O)[C@@H](COP(=O)(O)O)O[C@H]1n1cnc2c(N)ncnc21. The molecular formula is C26H42N8O15P2. The van der Waals surface area contributed by atoms with Crippen molar-refractivity contribution in [2.45, 2.75) is 69.9 Å². The monoisotopic (exact) mass is 768 g/mol. The number of nitrogens with zero attached hydrogens (tertiary/aromatic N) is 6. The van der Waals surface area contributed by atoms with Crippen LogP contribution >= 0.6 is 15.6 Å². The van der Waals surface area contributed by atoms with E-state index in [0.29, 0.717) is 0 Å². The zero-order valence-electron chi connectivity index (χ0n) is 27.9. The van der Waals surface area contributed by atoms with Gasteiger partial charge in [-0.1, -0.05) is 20.8 Å². The van der Waals surface area contributed by atoms with Crippen LogP contribution in [0.25, 0.3) is 11.2 Å². The highest BCUT2D eigenvalue weighted by Gasteiger charge is 2.52. The minimum absolute atomic E-state index is 0.0391. The number of nitrogens with two attached hydrogens (primary N) is 1. The Morgan fingerprint density at radius 2 is 1.57 bits per heavy atom. The number of aliphatic hydroxyl groups excluding tert-OH is 2. The molecular weight excluding hydrogens is 726 g/mol. The summed E-state index contributed by atoms with van der Waals surface area (Å²) in [6.45, 7) is 8.45. The number of aromatic nitrogens is 6. The Balaban J connectivity index is 0.000000755. The molecule has 2 fully saturated rings. The maximum atomic E-state index is 13.1. The van der Waals surface area contributed by atoms with Crippen LogP contribution < -0.4 is 17.0 Å². The standard InChI is InChI=1S/C20H27N7O15P2.C6H15N/c1-37-15-14(9(5-38-43(32,33)34)41-19(15)27-7-24-11-16(21)22-6-23-17(11)27)42-44(35,36)39-4-8-12(29)13(30)18(40-8)26-3-2-10(28)25-20(26)31;1-4-7(5-2)6-3/h2-3,6-9,12-15,18-19,29-30H,4-5H2,1H3,(H,35,36)(H2,21,22,23)(H,25,28,31)(H2,32,33,34);4-6H2,1-3H3/t8-,9-,12-,13-,14-,15-,18-,19-;/m1./s1. The molecule has 2 aliphatic rings. The van der Waals surface area contributed by atoms with Gasteiger partial charge in [-0.2, -0.15) is 0 Å². The average Bonchev–Trinajstić information content (AvgIpc) is 3.74. The summed E-state index contributed by atoms with van der Waals surface area (Å²) in [5.74, 6) is 0.0391. The molecule has 0 bridgehead atoms. The summed E-state index contributed by atoms with van der Waals surface area (Å²) in [5, 5.41) is 20.8. The average molecular weight is 769 g/mol. The molecule has 0 saturated carbocycles. The molecule has 0 amide bonds. The maximum Gasteiger partial charge on any atom is 0.472 e. The number of ether oxygens (including phenoxy) is 3.